The number of anilines is 2. The first kappa shape index (κ1) is 24.7. The van der Waals surface area contributed by atoms with Crippen molar-refractivity contribution in [3.63, 3.8) is 0 Å². The number of nitrogens with two attached hydrogens (primary N) is 2. The summed E-state index contributed by atoms with van der Waals surface area (Å²) in [7, 11) is 0. The maximum Gasteiger partial charge on any atom is 0.165 e. The Morgan fingerprint density at radius 2 is 1.92 bits per heavy atom. The predicted molar refractivity (Wildman–Crippen MR) is 151 cm³/mol. The molecule has 4 N–H and O–H groups in total. The maximum atomic E-state index is 13.6. The van der Waals surface area contributed by atoms with Gasteiger partial charge in [-0.25, -0.2) is 19.3 Å². The minimum Gasteiger partial charge on any atom is -0.399 e. The van der Waals surface area contributed by atoms with Gasteiger partial charge in [-0.15, -0.1) is 0 Å². The van der Waals surface area contributed by atoms with Gasteiger partial charge in [-0.05, 0) is 55.2 Å². The molecule has 1 atom stereocenters. The fourth-order valence-electron chi connectivity index (χ4n) is 5.31. The number of piperidine rings is 1. The highest BCUT2D eigenvalue weighted by atomic mass is 19.1. The van der Waals surface area contributed by atoms with E-state index in [1.807, 2.05) is 16.8 Å². The second-order valence-corrected chi connectivity index (χ2v) is 9.88. The third-order valence-corrected chi connectivity index (χ3v) is 7.38. The van der Waals surface area contributed by atoms with Gasteiger partial charge in [0.15, 0.2) is 11.5 Å². The Kier molecular flexibility index (Phi) is 6.26. The van der Waals surface area contributed by atoms with Crippen LogP contribution in [-0.2, 0) is 6.54 Å². The highest BCUT2D eigenvalue weighted by Gasteiger charge is 2.39. The normalized spacial score (nSPS) is 19.3. The van der Waals surface area contributed by atoms with Crippen LogP contribution in [0.3, 0.4) is 0 Å². The summed E-state index contributed by atoms with van der Waals surface area (Å²) >= 11 is 0. The van der Waals surface area contributed by atoms with Gasteiger partial charge in [0, 0.05) is 31.1 Å². The second-order valence-electron chi connectivity index (χ2n) is 9.88. The molecule has 0 saturated carbocycles. The van der Waals surface area contributed by atoms with Gasteiger partial charge in [0.25, 0.3) is 0 Å². The Balaban J connectivity index is 1.43. The molecule has 0 aliphatic carbocycles. The van der Waals surface area contributed by atoms with Crippen LogP contribution in [0.4, 0.5) is 15.9 Å². The summed E-state index contributed by atoms with van der Waals surface area (Å²) in [6.07, 6.45) is 11.1. The van der Waals surface area contributed by atoms with Crippen LogP contribution in [0.25, 0.3) is 22.4 Å². The van der Waals surface area contributed by atoms with Crippen LogP contribution in [0.15, 0.2) is 71.1 Å². The monoisotopic (exact) mass is 524 g/mol. The lowest BCUT2D eigenvalue weighted by Gasteiger charge is -2.42. The van der Waals surface area contributed by atoms with Crippen molar-refractivity contribution in [1.82, 2.24) is 24.5 Å². The number of nitrogen functional groups attached to an aromatic ring is 1. The average Bonchev–Trinajstić information content (AvgIpc) is 3.30. The van der Waals surface area contributed by atoms with Gasteiger partial charge >= 0.3 is 0 Å². The van der Waals surface area contributed by atoms with E-state index in [9.17, 15) is 4.39 Å². The van der Waals surface area contributed by atoms with E-state index in [1.165, 1.54) is 18.5 Å². The number of halogens is 1. The second kappa shape index (κ2) is 9.90. The topological polar surface area (TPSA) is 136 Å². The molecule has 198 valence electrons. The van der Waals surface area contributed by atoms with Crippen LogP contribution in [-0.4, -0.2) is 55.1 Å². The van der Waals surface area contributed by atoms with Gasteiger partial charge in [-0.3, -0.25) is 15.0 Å². The zero-order valence-electron chi connectivity index (χ0n) is 21.6. The van der Waals surface area contributed by atoms with Gasteiger partial charge in [0.1, 0.15) is 23.2 Å². The molecule has 2 aliphatic rings. The molecule has 1 fully saturated rings. The Hall–Kier alpha value is -4.67. The minimum absolute atomic E-state index is 0.290. The van der Waals surface area contributed by atoms with E-state index in [4.69, 9.17) is 21.4 Å². The highest BCUT2D eigenvalue weighted by molar-refractivity contribution is 6.31. The van der Waals surface area contributed by atoms with E-state index in [1.54, 1.807) is 30.9 Å². The molecule has 1 spiro atoms. The van der Waals surface area contributed by atoms with E-state index < -0.39 is 5.54 Å². The van der Waals surface area contributed by atoms with Crippen LogP contribution in [0.2, 0.25) is 0 Å². The molecule has 0 amide bonds. The summed E-state index contributed by atoms with van der Waals surface area (Å²) in [5.74, 6) is 0.0440. The lowest BCUT2D eigenvalue weighted by molar-refractivity contribution is 0.394. The van der Waals surface area contributed by atoms with Crippen molar-refractivity contribution in [3.05, 3.63) is 72.5 Å². The lowest BCUT2D eigenvalue weighted by Crippen LogP contribution is -2.50. The molecule has 10 nitrogen and oxygen atoms in total. The van der Waals surface area contributed by atoms with E-state index in [2.05, 4.69) is 31.8 Å². The molecule has 0 radical (unpaired) electrons. The minimum atomic E-state index is -0.559. The lowest BCUT2D eigenvalue weighted by atomic mass is 9.86. The molecule has 0 bridgehead atoms. The number of aliphatic imine (C=N–C) groups is 2. The molecule has 39 heavy (non-hydrogen) atoms. The summed E-state index contributed by atoms with van der Waals surface area (Å²) < 4.78 is 15.6. The maximum absolute atomic E-state index is 13.6. The number of fused-ring (bicyclic) bond motifs is 1. The number of imidazole rings is 1. The molecule has 11 heteroatoms. The van der Waals surface area contributed by atoms with Gasteiger partial charge in [-0.1, -0.05) is 6.92 Å². The molecular formula is C28H29FN10. The largest absolute Gasteiger partial charge is 0.399 e. The van der Waals surface area contributed by atoms with Crippen LogP contribution >= 0.6 is 0 Å². The van der Waals surface area contributed by atoms with E-state index in [-0.39, 0.29) is 5.82 Å². The SMILES string of the molecule is CCC1=N[C@@]2(CCCN(c3cnc(-c4ccc(F)cc4)cc3Cn3cnc4c(N)ncnc43)C2)C(N)=CN=C1. The zero-order chi connectivity index (χ0) is 27.0. The van der Waals surface area contributed by atoms with Crippen LogP contribution < -0.4 is 16.4 Å². The van der Waals surface area contributed by atoms with Crippen LogP contribution in [0, 0.1) is 5.82 Å². The number of nitrogens with zero attached hydrogens (tertiary/aromatic N) is 8. The van der Waals surface area contributed by atoms with E-state index >= 15 is 0 Å². The number of hydrogen-bond donors (Lipinski definition) is 2. The first-order valence-corrected chi connectivity index (χ1v) is 12.9. The Bertz CT molecular complexity index is 1620. The van der Waals surface area contributed by atoms with Crippen molar-refractivity contribution in [1.29, 1.82) is 0 Å². The molecular weight excluding hydrogens is 495 g/mol. The number of aromatic nitrogens is 5. The first-order chi connectivity index (χ1) is 19.0. The molecule has 5 heterocycles. The molecule has 0 unspecified atom stereocenters. The fourth-order valence-corrected chi connectivity index (χ4v) is 5.31. The molecule has 2 aliphatic heterocycles. The van der Waals surface area contributed by atoms with Gasteiger partial charge in [-0.2, -0.15) is 0 Å². The van der Waals surface area contributed by atoms with Gasteiger partial charge < -0.3 is 20.9 Å². The molecule has 1 aromatic carbocycles. The number of benzene rings is 1. The smallest absolute Gasteiger partial charge is 0.165 e. The Labute approximate surface area is 225 Å². The van der Waals surface area contributed by atoms with Crippen molar-refractivity contribution in [2.24, 2.45) is 15.7 Å². The van der Waals surface area contributed by atoms with Gasteiger partial charge in [0.2, 0.25) is 0 Å². The fraction of sp³-hybridized carbons (Fsp3) is 0.286. The van der Waals surface area contributed by atoms with E-state index in [0.717, 1.165) is 54.0 Å². The third kappa shape index (κ3) is 4.60. The quantitative estimate of drug-likeness (QED) is 0.406. The average molecular weight is 525 g/mol. The predicted octanol–water partition coefficient (Wildman–Crippen LogP) is 3.73. The van der Waals surface area contributed by atoms with Crippen LogP contribution in [0.1, 0.15) is 31.7 Å². The molecule has 4 aromatic rings. The summed E-state index contributed by atoms with van der Waals surface area (Å²) in [6.45, 7) is 3.98. The highest BCUT2D eigenvalue weighted by Crippen LogP contribution is 2.36. The Morgan fingerprint density at radius 1 is 1.08 bits per heavy atom. The van der Waals surface area contributed by atoms with Crippen molar-refractivity contribution in [2.45, 2.75) is 38.3 Å². The first-order valence-electron chi connectivity index (χ1n) is 12.9. The summed E-state index contributed by atoms with van der Waals surface area (Å²) in [5, 5.41) is 0. The number of pyridine rings is 1. The van der Waals surface area contributed by atoms with Crippen molar-refractivity contribution in [3.8, 4) is 11.3 Å². The zero-order valence-corrected chi connectivity index (χ0v) is 21.6. The van der Waals surface area contributed by atoms with Crippen molar-refractivity contribution >= 4 is 34.6 Å². The molecule has 6 rings (SSSR count). The van der Waals surface area contributed by atoms with Crippen LogP contribution in [0.5, 0.6) is 0 Å². The number of hydrogen-bond acceptors (Lipinski definition) is 9. The summed E-state index contributed by atoms with van der Waals surface area (Å²) in [5.41, 5.74) is 18.4. The van der Waals surface area contributed by atoms with E-state index in [0.29, 0.717) is 35.8 Å². The third-order valence-electron chi connectivity index (χ3n) is 7.38. The number of rotatable bonds is 5. The molecule has 1 saturated heterocycles. The van der Waals surface area contributed by atoms with Crippen molar-refractivity contribution in [2.75, 3.05) is 23.7 Å². The standard InChI is InChI=1S/C28H29FN10/c1-2-21-11-32-13-24(30)28(37-21)8-3-9-38(15-28)23-12-33-22(18-4-6-20(29)7-5-18)10-19(23)14-39-17-36-25-26(31)34-16-35-27(25)39/h4-7,10-13,16-17H,2-3,8-9,14-15,30H2,1H3,(H2,31,34,35)/t28-/m1/s1. The molecule has 3 aromatic heterocycles. The summed E-state index contributed by atoms with van der Waals surface area (Å²) in [6, 6.07) is 8.38. The summed E-state index contributed by atoms with van der Waals surface area (Å²) in [4.78, 5) is 29.5. The van der Waals surface area contributed by atoms with Gasteiger partial charge in [0.05, 0.1) is 41.9 Å². The Morgan fingerprint density at radius 3 is 2.74 bits per heavy atom. The van der Waals surface area contributed by atoms with Crippen molar-refractivity contribution < 1.29 is 4.39 Å².